The Balaban J connectivity index is 2.74. The predicted molar refractivity (Wildman–Crippen MR) is 57.9 cm³/mol. The maximum atomic E-state index is 12.9. The molecule has 1 heterocycles. The second-order valence-corrected chi connectivity index (χ2v) is 3.48. The minimum absolute atomic E-state index is 0.0553. The molecule has 2 N–H and O–H groups in total. The van der Waals surface area contributed by atoms with Crippen LogP contribution in [-0.4, -0.2) is 12.3 Å². The van der Waals surface area contributed by atoms with Gasteiger partial charge in [0, 0.05) is 5.56 Å². The molecule has 4 nitrogen and oxygen atoms in total. The molecular formula is C11H9F3N2O2. The SMILES string of the molecule is COc1cccc(C(F)(F)F)c1-c1cnoc1N. The fourth-order valence-electron chi connectivity index (χ4n) is 1.65. The van der Waals surface area contributed by atoms with Crippen molar-refractivity contribution < 1.29 is 22.4 Å². The van der Waals surface area contributed by atoms with E-state index >= 15 is 0 Å². The van der Waals surface area contributed by atoms with Crippen LogP contribution in [0, 0.1) is 0 Å². The van der Waals surface area contributed by atoms with Gasteiger partial charge in [0.25, 0.3) is 0 Å². The summed E-state index contributed by atoms with van der Waals surface area (Å²) in [5.74, 6) is -0.135. The Labute approximate surface area is 100 Å². The van der Waals surface area contributed by atoms with Crippen LogP contribution in [0.4, 0.5) is 19.1 Å². The number of halogens is 3. The zero-order valence-corrected chi connectivity index (χ0v) is 9.28. The van der Waals surface area contributed by atoms with Gasteiger partial charge in [-0.3, -0.25) is 0 Å². The van der Waals surface area contributed by atoms with Crippen molar-refractivity contribution >= 4 is 5.88 Å². The van der Waals surface area contributed by atoms with E-state index in [1.54, 1.807) is 0 Å². The number of ether oxygens (including phenoxy) is 1. The fraction of sp³-hybridized carbons (Fsp3) is 0.182. The van der Waals surface area contributed by atoms with Crippen LogP contribution in [0.1, 0.15) is 5.56 Å². The first-order valence-corrected chi connectivity index (χ1v) is 4.90. The summed E-state index contributed by atoms with van der Waals surface area (Å²) in [6, 6.07) is 3.62. The van der Waals surface area contributed by atoms with E-state index in [4.69, 9.17) is 10.5 Å². The number of anilines is 1. The molecule has 2 rings (SSSR count). The van der Waals surface area contributed by atoms with Crippen LogP contribution in [0.25, 0.3) is 11.1 Å². The van der Waals surface area contributed by atoms with E-state index in [2.05, 4.69) is 9.68 Å². The Bertz CT molecular complexity index is 564. The average molecular weight is 258 g/mol. The maximum Gasteiger partial charge on any atom is 0.417 e. The van der Waals surface area contributed by atoms with Gasteiger partial charge < -0.3 is 15.0 Å². The smallest absolute Gasteiger partial charge is 0.417 e. The van der Waals surface area contributed by atoms with E-state index in [0.717, 1.165) is 12.3 Å². The quantitative estimate of drug-likeness (QED) is 0.899. The Morgan fingerprint density at radius 3 is 2.56 bits per heavy atom. The number of hydrogen-bond acceptors (Lipinski definition) is 4. The molecule has 0 spiro atoms. The van der Waals surface area contributed by atoms with Crippen molar-refractivity contribution in [2.24, 2.45) is 0 Å². The first-order valence-electron chi connectivity index (χ1n) is 4.90. The molecule has 0 unspecified atom stereocenters. The van der Waals surface area contributed by atoms with Crippen molar-refractivity contribution in [3.8, 4) is 16.9 Å². The van der Waals surface area contributed by atoms with Gasteiger partial charge in [-0.05, 0) is 12.1 Å². The Hall–Kier alpha value is -2.18. The second kappa shape index (κ2) is 4.25. The van der Waals surface area contributed by atoms with Crippen molar-refractivity contribution in [1.29, 1.82) is 0 Å². The Morgan fingerprint density at radius 2 is 2.06 bits per heavy atom. The van der Waals surface area contributed by atoms with Gasteiger partial charge in [0.2, 0.25) is 5.88 Å². The minimum atomic E-state index is -4.52. The second-order valence-electron chi connectivity index (χ2n) is 3.48. The van der Waals surface area contributed by atoms with E-state index in [0.29, 0.717) is 0 Å². The third kappa shape index (κ3) is 1.99. The molecule has 0 fully saturated rings. The summed E-state index contributed by atoms with van der Waals surface area (Å²) < 4.78 is 48.3. The lowest BCUT2D eigenvalue weighted by Gasteiger charge is -2.14. The molecule has 96 valence electrons. The number of alkyl halides is 3. The zero-order chi connectivity index (χ0) is 13.3. The molecular weight excluding hydrogens is 249 g/mol. The van der Waals surface area contributed by atoms with Gasteiger partial charge in [0.15, 0.2) is 0 Å². The highest BCUT2D eigenvalue weighted by Gasteiger charge is 2.36. The number of rotatable bonds is 2. The topological polar surface area (TPSA) is 61.3 Å². The van der Waals surface area contributed by atoms with Crippen LogP contribution in [0.2, 0.25) is 0 Å². The van der Waals surface area contributed by atoms with Crippen LogP contribution in [0.3, 0.4) is 0 Å². The molecule has 1 aromatic heterocycles. The fourth-order valence-corrected chi connectivity index (χ4v) is 1.65. The van der Waals surface area contributed by atoms with Gasteiger partial charge in [-0.15, -0.1) is 0 Å². The number of nitrogens with two attached hydrogens (primary N) is 1. The third-order valence-electron chi connectivity index (χ3n) is 2.42. The summed E-state index contributed by atoms with van der Waals surface area (Å²) in [5.41, 5.74) is 4.49. The van der Waals surface area contributed by atoms with Crippen molar-refractivity contribution in [1.82, 2.24) is 5.16 Å². The van der Waals surface area contributed by atoms with Gasteiger partial charge in [-0.1, -0.05) is 11.2 Å². The highest BCUT2D eigenvalue weighted by atomic mass is 19.4. The lowest BCUT2D eigenvalue weighted by molar-refractivity contribution is -0.137. The van der Waals surface area contributed by atoms with Gasteiger partial charge in [-0.2, -0.15) is 13.2 Å². The van der Waals surface area contributed by atoms with Crippen molar-refractivity contribution in [2.45, 2.75) is 6.18 Å². The molecule has 2 aromatic rings. The summed E-state index contributed by atoms with van der Waals surface area (Å²) >= 11 is 0. The average Bonchev–Trinajstić information content (AvgIpc) is 2.73. The van der Waals surface area contributed by atoms with Gasteiger partial charge in [-0.25, -0.2) is 0 Å². The lowest BCUT2D eigenvalue weighted by atomic mass is 10.0. The van der Waals surface area contributed by atoms with E-state index in [1.807, 2.05) is 0 Å². The molecule has 18 heavy (non-hydrogen) atoms. The predicted octanol–water partition coefficient (Wildman–Crippen LogP) is 2.95. The number of benzene rings is 1. The minimum Gasteiger partial charge on any atom is -0.496 e. The monoisotopic (exact) mass is 258 g/mol. The Morgan fingerprint density at radius 1 is 1.33 bits per heavy atom. The number of nitrogen functional groups attached to an aromatic ring is 1. The molecule has 0 aliphatic carbocycles. The first-order chi connectivity index (χ1) is 8.45. The van der Waals surface area contributed by atoms with Gasteiger partial charge >= 0.3 is 6.18 Å². The molecule has 7 heteroatoms. The highest BCUT2D eigenvalue weighted by molar-refractivity contribution is 5.80. The molecule has 0 radical (unpaired) electrons. The van der Waals surface area contributed by atoms with Crippen molar-refractivity contribution in [2.75, 3.05) is 12.8 Å². The number of hydrogen-bond donors (Lipinski definition) is 1. The standard InChI is InChI=1S/C11H9F3N2O2/c1-17-8-4-2-3-7(11(12,13)14)9(8)6-5-16-18-10(6)15/h2-5H,15H2,1H3. The van der Waals surface area contributed by atoms with Crippen molar-refractivity contribution in [3.05, 3.63) is 30.0 Å². The lowest BCUT2D eigenvalue weighted by Crippen LogP contribution is -2.08. The summed E-state index contributed by atoms with van der Waals surface area (Å²) in [7, 11) is 1.28. The molecule has 0 amide bonds. The highest BCUT2D eigenvalue weighted by Crippen LogP contribution is 2.43. The summed E-state index contributed by atoms with van der Waals surface area (Å²) in [6.07, 6.45) is -3.39. The van der Waals surface area contributed by atoms with Crippen LogP contribution in [-0.2, 0) is 6.18 Å². The van der Waals surface area contributed by atoms with Crippen molar-refractivity contribution in [3.63, 3.8) is 0 Å². The van der Waals surface area contributed by atoms with Gasteiger partial charge in [0.05, 0.1) is 24.4 Å². The van der Waals surface area contributed by atoms with Crippen LogP contribution in [0.5, 0.6) is 5.75 Å². The number of nitrogens with zero attached hydrogens (tertiary/aromatic N) is 1. The summed E-state index contributed by atoms with van der Waals surface area (Å²) in [6.45, 7) is 0. The number of aromatic nitrogens is 1. The maximum absolute atomic E-state index is 12.9. The van der Waals surface area contributed by atoms with E-state index in [1.165, 1.54) is 19.2 Å². The van der Waals surface area contributed by atoms with Crippen LogP contribution in [0.15, 0.2) is 28.9 Å². The normalized spacial score (nSPS) is 11.6. The van der Waals surface area contributed by atoms with E-state index in [-0.39, 0.29) is 22.8 Å². The summed E-state index contributed by atoms with van der Waals surface area (Å²) in [5, 5.41) is 3.37. The van der Waals surface area contributed by atoms with Crippen LogP contribution < -0.4 is 10.5 Å². The van der Waals surface area contributed by atoms with E-state index in [9.17, 15) is 13.2 Å². The molecule has 0 saturated heterocycles. The first kappa shape index (κ1) is 12.3. The number of methoxy groups -OCH3 is 1. The summed E-state index contributed by atoms with van der Waals surface area (Å²) in [4.78, 5) is 0. The molecule has 1 aromatic carbocycles. The molecule has 0 bridgehead atoms. The van der Waals surface area contributed by atoms with E-state index < -0.39 is 11.7 Å². The molecule has 0 aliphatic rings. The Kier molecular flexibility index (Phi) is 2.90. The molecule has 0 aliphatic heterocycles. The molecule has 0 saturated carbocycles. The van der Waals surface area contributed by atoms with Gasteiger partial charge in [0.1, 0.15) is 5.75 Å². The largest absolute Gasteiger partial charge is 0.496 e. The zero-order valence-electron chi connectivity index (χ0n) is 9.28. The molecule has 0 atom stereocenters. The third-order valence-corrected chi connectivity index (χ3v) is 2.42. The van der Waals surface area contributed by atoms with Crippen LogP contribution >= 0.6 is 0 Å².